The molecule has 0 heterocycles. The topological polar surface area (TPSA) is 46.2 Å². The summed E-state index contributed by atoms with van der Waals surface area (Å²) in [7, 11) is 0. The fourth-order valence-corrected chi connectivity index (χ4v) is 1.01. The summed E-state index contributed by atoms with van der Waals surface area (Å²) < 4.78 is 13.1. The fourth-order valence-electron chi connectivity index (χ4n) is 1.01. The Kier molecular flexibility index (Phi) is 2.06. The van der Waals surface area contributed by atoms with E-state index in [1.807, 2.05) is 0 Å². The van der Waals surface area contributed by atoms with Crippen molar-refractivity contribution in [1.29, 1.82) is 0 Å². The average molecular weight is 169 g/mol. The zero-order chi connectivity index (χ0) is 9.35. The van der Waals surface area contributed by atoms with Crippen LogP contribution in [0.15, 0.2) is 18.2 Å². The molecular formula is C9H12FNO. The monoisotopic (exact) mass is 169 g/mol. The highest BCUT2D eigenvalue weighted by atomic mass is 19.1. The van der Waals surface area contributed by atoms with Gasteiger partial charge in [0.2, 0.25) is 0 Å². The molecule has 0 amide bonds. The lowest BCUT2D eigenvalue weighted by Crippen LogP contribution is -2.17. The maximum absolute atomic E-state index is 13.1. The van der Waals surface area contributed by atoms with Gasteiger partial charge < -0.3 is 10.8 Å². The molecule has 1 aromatic carbocycles. The Labute approximate surface area is 70.8 Å². The molecule has 0 aromatic heterocycles. The molecule has 0 radical (unpaired) electrons. The third kappa shape index (κ3) is 1.74. The van der Waals surface area contributed by atoms with Crippen molar-refractivity contribution in [3.8, 4) is 0 Å². The molecule has 0 bridgehead atoms. The van der Waals surface area contributed by atoms with Gasteiger partial charge in [0.25, 0.3) is 0 Å². The first-order valence-corrected chi connectivity index (χ1v) is 3.69. The van der Waals surface area contributed by atoms with Gasteiger partial charge >= 0.3 is 0 Å². The largest absolute Gasteiger partial charge is 0.399 e. The summed E-state index contributed by atoms with van der Waals surface area (Å²) in [6.07, 6.45) is 0. The van der Waals surface area contributed by atoms with Gasteiger partial charge in [-0.3, -0.25) is 0 Å². The summed E-state index contributed by atoms with van der Waals surface area (Å²) in [6, 6.07) is 4.16. The highest BCUT2D eigenvalue weighted by molar-refractivity contribution is 5.43. The zero-order valence-corrected chi connectivity index (χ0v) is 7.13. The molecule has 3 N–H and O–H groups in total. The second-order valence-corrected chi connectivity index (χ2v) is 3.30. The number of hydrogen-bond donors (Lipinski definition) is 2. The number of aliphatic hydroxyl groups is 1. The predicted octanol–water partition coefficient (Wildman–Crippen LogP) is 1.64. The maximum Gasteiger partial charge on any atom is 0.129 e. The van der Waals surface area contributed by atoms with E-state index in [4.69, 9.17) is 5.73 Å². The first kappa shape index (κ1) is 9.00. The summed E-state index contributed by atoms with van der Waals surface area (Å²) in [5, 5.41) is 9.50. The van der Waals surface area contributed by atoms with E-state index in [1.54, 1.807) is 0 Å². The van der Waals surface area contributed by atoms with E-state index in [0.717, 1.165) is 0 Å². The third-order valence-corrected chi connectivity index (χ3v) is 1.65. The number of hydrogen-bond acceptors (Lipinski definition) is 2. The van der Waals surface area contributed by atoms with Crippen LogP contribution in [-0.2, 0) is 5.60 Å². The molecule has 0 saturated carbocycles. The Morgan fingerprint density at radius 1 is 1.42 bits per heavy atom. The number of benzene rings is 1. The summed E-state index contributed by atoms with van der Waals surface area (Å²) in [4.78, 5) is 0. The minimum absolute atomic E-state index is 0.225. The minimum atomic E-state index is -1.18. The molecule has 0 fully saturated rings. The summed E-state index contributed by atoms with van der Waals surface area (Å²) in [6.45, 7) is 3.04. The molecule has 0 aliphatic heterocycles. The predicted molar refractivity (Wildman–Crippen MR) is 46.1 cm³/mol. The Balaban J connectivity index is 3.23. The van der Waals surface area contributed by atoms with Gasteiger partial charge in [0.15, 0.2) is 0 Å². The van der Waals surface area contributed by atoms with Gasteiger partial charge in [-0.1, -0.05) is 0 Å². The van der Waals surface area contributed by atoms with Crippen LogP contribution in [-0.4, -0.2) is 5.11 Å². The molecular weight excluding hydrogens is 157 g/mol. The Morgan fingerprint density at radius 3 is 2.42 bits per heavy atom. The molecule has 0 unspecified atom stereocenters. The number of nitrogens with two attached hydrogens (primary N) is 1. The second kappa shape index (κ2) is 2.75. The molecule has 1 rings (SSSR count). The van der Waals surface area contributed by atoms with Crippen molar-refractivity contribution in [1.82, 2.24) is 0 Å². The van der Waals surface area contributed by atoms with E-state index in [9.17, 15) is 9.50 Å². The van der Waals surface area contributed by atoms with Crippen LogP contribution in [0.5, 0.6) is 0 Å². The van der Waals surface area contributed by atoms with Crippen LogP contribution in [0.4, 0.5) is 10.1 Å². The van der Waals surface area contributed by atoms with Gasteiger partial charge in [0, 0.05) is 11.3 Å². The fraction of sp³-hybridized carbons (Fsp3) is 0.333. The lowest BCUT2D eigenvalue weighted by atomic mass is 9.97. The van der Waals surface area contributed by atoms with Crippen LogP contribution in [0.3, 0.4) is 0 Å². The molecule has 3 heteroatoms. The van der Waals surface area contributed by atoms with E-state index >= 15 is 0 Å². The molecule has 0 aliphatic rings. The molecule has 0 aliphatic carbocycles. The van der Waals surface area contributed by atoms with Gasteiger partial charge in [0.1, 0.15) is 5.82 Å². The summed E-state index contributed by atoms with van der Waals surface area (Å²) in [5.74, 6) is -0.434. The minimum Gasteiger partial charge on any atom is -0.399 e. The van der Waals surface area contributed by atoms with Crippen molar-refractivity contribution in [3.05, 3.63) is 29.6 Å². The SMILES string of the molecule is CC(C)(O)c1cc(N)ccc1F. The van der Waals surface area contributed by atoms with Crippen LogP contribution in [0.2, 0.25) is 0 Å². The van der Waals surface area contributed by atoms with E-state index in [-0.39, 0.29) is 5.56 Å². The lowest BCUT2D eigenvalue weighted by Gasteiger charge is -2.18. The molecule has 0 atom stereocenters. The van der Waals surface area contributed by atoms with Gasteiger partial charge in [-0.15, -0.1) is 0 Å². The highest BCUT2D eigenvalue weighted by Crippen LogP contribution is 2.24. The van der Waals surface area contributed by atoms with Crippen LogP contribution in [0.1, 0.15) is 19.4 Å². The Morgan fingerprint density at radius 2 is 2.00 bits per heavy atom. The van der Waals surface area contributed by atoms with Crippen molar-refractivity contribution in [2.45, 2.75) is 19.4 Å². The van der Waals surface area contributed by atoms with E-state index < -0.39 is 11.4 Å². The molecule has 0 spiro atoms. The first-order valence-electron chi connectivity index (χ1n) is 3.69. The van der Waals surface area contributed by atoms with Crippen LogP contribution >= 0.6 is 0 Å². The normalized spacial score (nSPS) is 11.7. The smallest absolute Gasteiger partial charge is 0.129 e. The summed E-state index contributed by atoms with van der Waals surface area (Å²) >= 11 is 0. The van der Waals surface area contributed by atoms with Gasteiger partial charge in [-0.25, -0.2) is 4.39 Å². The van der Waals surface area contributed by atoms with E-state index in [1.165, 1.54) is 32.0 Å². The van der Waals surface area contributed by atoms with Gasteiger partial charge in [0.05, 0.1) is 5.60 Å². The summed E-state index contributed by atoms with van der Waals surface area (Å²) in [5.41, 5.74) is 4.94. The standard InChI is InChI=1S/C9H12FNO/c1-9(2,12)7-5-6(11)3-4-8(7)10/h3-5,12H,11H2,1-2H3. The third-order valence-electron chi connectivity index (χ3n) is 1.65. The number of rotatable bonds is 1. The van der Waals surface area contributed by atoms with Crippen molar-refractivity contribution in [2.75, 3.05) is 5.73 Å². The Hall–Kier alpha value is -1.09. The number of halogens is 1. The number of nitrogen functional groups attached to an aromatic ring is 1. The maximum atomic E-state index is 13.1. The second-order valence-electron chi connectivity index (χ2n) is 3.30. The molecule has 2 nitrogen and oxygen atoms in total. The van der Waals surface area contributed by atoms with Gasteiger partial charge in [-0.2, -0.15) is 0 Å². The molecule has 1 aromatic rings. The van der Waals surface area contributed by atoms with Crippen molar-refractivity contribution < 1.29 is 9.50 Å². The Bertz CT molecular complexity index is 291. The number of anilines is 1. The quantitative estimate of drug-likeness (QED) is 0.628. The van der Waals surface area contributed by atoms with Crippen LogP contribution in [0.25, 0.3) is 0 Å². The van der Waals surface area contributed by atoms with Crippen molar-refractivity contribution >= 4 is 5.69 Å². The average Bonchev–Trinajstić information content (AvgIpc) is 1.92. The van der Waals surface area contributed by atoms with Crippen molar-refractivity contribution in [3.63, 3.8) is 0 Å². The first-order chi connectivity index (χ1) is 5.41. The van der Waals surface area contributed by atoms with E-state index in [2.05, 4.69) is 0 Å². The van der Waals surface area contributed by atoms with Crippen molar-refractivity contribution in [2.24, 2.45) is 0 Å². The lowest BCUT2D eigenvalue weighted by molar-refractivity contribution is 0.0746. The van der Waals surface area contributed by atoms with E-state index in [0.29, 0.717) is 5.69 Å². The molecule has 0 saturated heterocycles. The van der Waals surface area contributed by atoms with Gasteiger partial charge in [-0.05, 0) is 32.0 Å². The van der Waals surface area contributed by atoms with Crippen LogP contribution < -0.4 is 5.73 Å². The zero-order valence-electron chi connectivity index (χ0n) is 7.13. The molecule has 66 valence electrons. The highest BCUT2D eigenvalue weighted by Gasteiger charge is 2.20. The molecule has 12 heavy (non-hydrogen) atoms. The van der Waals surface area contributed by atoms with Crippen LogP contribution in [0, 0.1) is 5.82 Å².